The van der Waals surface area contributed by atoms with Crippen molar-refractivity contribution in [1.29, 1.82) is 0 Å². The van der Waals surface area contributed by atoms with Crippen molar-refractivity contribution in [1.82, 2.24) is 4.31 Å². The summed E-state index contributed by atoms with van der Waals surface area (Å²) >= 11 is 0. The zero-order chi connectivity index (χ0) is 22.1. The molecule has 8 heteroatoms. The fourth-order valence-electron chi connectivity index (χ4n) is 2.78. The first-order valence-corrected chi connectivity index (χ1v) is 10.6. The van der Waals surface area contributed by atoms with Gasteiger partial charge < -0.3 is 9.73 Å². The Hall–Kier alpha value is -3.23. The normalized spacial score (nSPS) is 11.5. The lowest BCUT2D eigenvalue weighted by molar-refractivity contribution is 0.0994. The number of carbonyl (C=O) groups is 2. The molecule has 0 fully saturated rings. The molecule has 0 radical (unpaired) electrons. The van der Waals surface area contributed by atoms with Gasteiger partial charge in [0, 0.05) is 30.9 Å². The van der Waals surface area contributed by atoms with Crippen molar-refractivity contribution in [3.8, 4) is 11.3 Å². The van der Waals surface area contributed by atoms with Gasteiger partial charge in [-0.1, -0.05) is 30.3 Å². The Bertz CT molecular complexity index is 1210. The Balaban J connectivity index is 1.83. The first-order chi connectivity index (χ1) is 14.1. The molecule has 0 saturated heterocycles. The zero-order valence-electron chi connectivity index (χ0n) is 17.1. The second-order valence-electron chi connectivity index (χ2n) is 7.02. The molecular formula is C22H22N2O5S. The minimum absolute atomic E-state index is 0.0325. The number of hydrogen-bond acceptors (Lipinski definition) is 5. The highest BCUT2D eigenvalue weighted by molar-refractivity contribution is 7.89. The third-order valence-electron chi connectivity index (χ3n) is 4.64. The van der Waals surface area contributed by atoms with E-state index in [4.69, 9.17) is 4.42 Å². The first-order valence-electron chi connectivity index (χ1n) is 9.15. The maximum Gasteiger partial charge on any atom is 0.291 e. The third kappa shape index (κ3) is 4.34. The van der Waals surface area contributed by atoms with E-state index in [1.54, 1.807) is 49.4 Å². The number of Topliss-reactive ketones (excluding diaryl/α,β-unsaturated/α-hetero) is 1. The summed E-state index contributed by atoms with van der Waals surface area (Å²) in [6, 6.07) is 14.6. The quantitative estimate of drug-likeness (QED) is 0.602. The van der Waals surface area contributed by atoms with Crippen molar-refractivity contribution in [3.63, 3.8) is 0 Å². The summed E-state index contributed by atoms with van der Waals surface area (Å²) < 4.78 is 31.5. The highest BCUT2D eigenvalue weighted by Gasteiger charge is 2.20. The number of sulfonamides is 1. The van der Waals surface area contributed by atoms with Gasteiger partial charge >= 0.3 is 0 Å². The molecule has 2 aromatic carbocycles. The summed E-state index contributed by atoms with van der Waals surface area (Å²) in [6.45, 7) is 3.26. The minimum Gasteiger partial charge on any atom is -0.451 e. The number of furan rings is 1. The van der Waals surface area contributed by atoms with Crippen molar-refractivity contribution < 1.29 is 22.4 Å². The molecule has 1 N–H and O–H groups in total. The van der Waals surface area contributed by atoms with Gasteiger partial charge in [-0.2, -0.15) is 0 Å². The molecule has 0 aliphatic heterocycles. The van der Waals surface area contributed by atoms with Crippen LogP contribution in [0.2, 0.25) is 0 Å². The van der Waals surface area contributed by atoms with E-state index in [2.05, 4.69) is 5.32 Å². The van der Waals surface area contributed by atoms with Gasteiger partial charge in [-0.15, -0.1) is 0 Å². The van der Waals surface area contributed by atoms with Crippen LogP contribution in [0.3, 0.4) is 0 Å². The van der Waals surface area contributed by atoms with E-state index in [0.717, 1.165) is 9.87 Å². The molecule has 0 aliphatic rings. The number of amides is 1. The number of nitrogens with zero attached hydrogens (tertiary/aromatic N) is 1. The number of carbonyl (C=O) groups excluding carboxylic acids is 2. The molecule has 1 amide bonds. The number of ketones is 1. The fraction of sp³-hybridized carbons (Fsp3) is 0.182. The van der Waals surface area contributed by atoms with Gasteiger partial charge in [-0.05, 0) is 43.7 Å². The van der Waals surface area contributed by atoms with Crippen LogP contribution < -0.4 is 5.32 Å². The topological polar surface area (TPSA) is 96.7 Å². The van der Waals surface area contributed by atoms with Crippen LogP contribution in [0.5, 0.6) is 0 Å². The van der Waals surface area contributed by atoms with E-state index < -0.39 is 15.9 Å². The Morgan fingerprint density at radius 3 is 2.23 bits per heavy atom. The molecule has 0 aliphatic carbocycles. The van der Waals surface area contributed by atoms with Gasteiger partial charge in [0.1, 0.15) is 5.76 Å². The van der Waals surface area contributed by atoms with E-state index in [1.165, 1.54) is 33.2 Å². The largest absolute Gasteiger partial charge is 0.451 e. The van der Waals surface area contributed by atoms with Crippen LogP contribution in [0.25, 0.3) is 11.3 Å². The lowest BCUT2D eigenvalue weighted by atomic mass is 10.1. The van der Waals surface area contributed by atoms with Gasteiger partial charge in [-0.3, -0.25) is 9.59 Å². The van der Waals surface area contributed by atoms with Crippen LogP contribution in [0, 0.1) is 6.92 Å². The lowest BCUT2D eigenvalue weighted by Crippen LogP contribution is -2.22. The Morgan fingerprint density at radius 1 is 0.967 bits per heavy atom. The fourth-order valence-corrected chi connectivity index (χ4v) is 3.70. The zero-order valence-corrected chi connectivity index (χ0v) is 17.9. The predicted octanol–water partition coefficient (Wildman–Crippen LogP) is 3.96. The number of rotatable bonds is 6. The standard InChI is InChI=1S/C22H22N2O5S/c1-14-5-10-18(30(27,28)24(3)4)13-19(14)23-22(26)21-12-11-20(29-21)17-8-6-16(7-9-17)15(2)25/h5-13H,1-4H3,(H,23,26). The van der Waals surface area contributed by atoms with Gasteiger partial charge in [0.05, 0.1) is 4.90 Å². The number of aryl methyl sites for hydroxylation is 1. The van der Waals surface area contributed by atoms with Crippen molar-refractivity contribution in [3.05, 3.63) is 71.5 Å². The van der Waals surface area contributed by atoms with Crippen LogP contribution in [0.4, 0.5) is 5.69 Å². The molecule has 0 atom stereocenters. The highest BCUT2D eigenvalue weighted by Crippen LogP contribution is 2.25. The molecule has 7 nitrogen and oxygen atoms in total. The summed E-state index contributed by atoms with van der Waals surface area (Å²) in [6.07, 6.45) is 0. The van der Waals surface area contributed by atoms with E-state index in [1.807, 2.05) is 0 Å². The summed E-state index contributed by atoms with van der Waals surface area (Å²) in [7, 11) is -0.733. The summed E-state index contributed by atoms with van der Waals surface area (Å²) in [5.41, 5.74) is 2.42. The molecule has 0 unspecified atom stereocenters. The van der Waals surface area contributed by atoms with Crippen LogP contribution in [0.1, 0.15) is 33.4 Å². The second kappa shape index (κ2) is 8.25. The molecule has 1 heterocycles. The number of nitrogens with one attached hydrogen (secondary N) is 1. The highest BCUT2D eigenvalue weighted by atomic mass is 32.2. The van der Waals surface area contributed by atoms with E-state index in [9.17, 15) is 18.0 Å². The van der Waals surface area contributed by atoms with Gasteiger partial charge in [0.25, 0.3) is 5.91 Å². The molecule has 3 rings (SSSR count). The molecule has 1 aromatic heterocycles. The summed E-state index contributed by atoms with van der Waals surface area (Å²) in [4.78, 5) is 24.1. The summed E-state index contributed by atoms with van der Waals surface area (Å²) in [5, 5.41) is 2.71. The van der Waals surface area contributed by atoms with Crippen molar-refractivity contribution in [2.45, 2.75) is 18.7 Å². The number of benzene rings is 2. The lowest BCUT2D eigenvalue weighted by Gasteiger charge is -2.14. The van der Waals surface area contributed by atoms with Crippen LogP contribution in [0.15, 0.2) is 63.9 Å². The van der Waals surface area contributed by atoms with Crippen molar-refractivity contribution in [2.24, 2.45) is 0 Å². The number of hydrogen-bond donors (Lipinski definition) is 1. The monoisotopic (exact) mass is 426 g/mol. The second-order valence-corrected chi connectivity index (χ2v) is 9.17. The van der Waals surface area contributed by atoms with Crippen molar-refractivity contribution in [2.75, 3.05) is 19.4 Å². The maximum atomic E-state index is 12.6. The van der Waals surface area contributed by atoms with Gasteiger partial charge in [-0.25, -0.2) is 12.7 Å². The number of anilines is 1. The SMILES string of the molecule is CC(=O)c1ccc(-c2ccc(C(=O)Nc3cc(S(=O)(=O)N(C)C)ccc3C)o2)cc1. The van der Waals surface area contributed by atoms with Crippen molar-refractivity contribution >= 4 is 27.4 Å². The van der Waals surface area contributed by atoms with Crippen LogP contribution in [-0.2, 0) is 10.0 Å². The Labute approximate surface area is 175 Å². The molecule has 156 valence electrons. The average molecular weight is 426 g/mol. The Kier molecular flexibility index (Phi) is 5.91. The molecule has 30 heavy (non-hydrogen) atoms. The third-order valence-corrected chi connectivity index (χ3v) is 6.45. The Morgan fingerprint density at radius 2 is 1.63 bits per heavy atom. The van der Waals surface area contributed by atoms with E-state index in [-0.39, 0.29) is 16.4 Å². The van der Waals surface area contributed by atoms with Crippen LogP contribution in [-0.4, -0.2) is 38.5 Å². The molecule has 3 aromatic rings. The average Bonchev–Trinajstić information content (AvgIpc) is 3.19. The van der Waals surface area contributed by atoms with E-state index in [0.29, 0.717) is 22.6 Å². The first kappa shape index (κ1) is 21.5. The van der Waals surface area contributed by atoms with Gasteiger partial charge in [0.2, 0.25) is 10.0 Å². The molecular weight excluding hydrogens is 404 g/mol. The molecule has 0 bridgehead atoms. The predicted molar refractivity (Wildman–Crippen MR) is 114 cm³/mol. The molecule has 0 saturated carbocycles. The smallest absolute Gasteiger partial charge is 0.291 e. The molecule has 0 spiro atoms. The van der Waals surface area contributed by atoms with Gasteiger partial charge in [0.15, 0.2) is 11.5 Å². The van der Waals surface area contributed by atoms with Crippen LogP contribution >= 0.6 is 0 Å². The summed E-state index contributed by atoms with van der Waals surface area (Å²) in [5.74, 6) is 0.0378. The van der Waals surface area contributed by atoms with E-state index >= 15 is 0 Å². The minimum atomic E-state index is -3.62. The maximum absolute atomic E-state index is 12.6.